The smallest absolute Gasteiger partial charge is 0.319 e. The van der Waals surface area contributed by atoms with Crippen LogP contribution in [0.4, 0.5) is 14.6 Å². The summed E-state index contributed by atoms with van der Waals surface area (Å²) in [5.74, 6) is 0.802. The van der Waals surface area contributed by atoms with Gasteiger partial charge in [-0.15, -0.1) is 6.42 Å². The summed E-state index contributed by atoms with van der Waals surface area (Å²) in [5.41, 5.74) is -1.69. The molecule has 11 nitrogen and oxygen atoms in total. The molecule has 0 amide bonds. The third-order valence-corrected chi connectivity index (χ3v) is 10.9. The SMILES string of the molecule is C#Cc1c(F)ccc2cc(O)cc(-c3nc(OC)c4c(N5CCOCC(O)C5)nc(OCC56CCCC5N(C)CC(C(C)(C)O)C6)nc4c3F)c12.CC. The topological polar surface area (TPSA) is 134 Å². The highest BCUT2D eigenvalue weighted by Crippen LogP contribution is 2.51. The second-order valence-corrected chi connectivity index (χ2v) is 14.7. The highest BCUT2D eigenvalue weighted by molar-refractivity contribution is 6.04. The fourth-order valence-corrected chi connectivity index (χ4v) is 8.45. The number of likely N-dealkylation sites (tertiary alicyclic amines) is 1. The molecule has 1 aliphatic carbocycles. The van der Waals surface area contributed by atoms with E-state index in [0.717, 1.165) is 32.2 Å². The van der Waals surface area contributed by atoms with Crippen molar-refractivity contribution in [1.29, 1.82) is 0 Å². The molecule has 0 spiro atoms. The first-order valence-electron chi connectivity index (χ1n) is 18.3. The molecule has 53 heavy (non-hydrogen) atoms. The Hall–Kier alpha value is -4.35. The number of rotatable bonds is 7. The minimum atomic E-state index is -0.890. The van der Waals surface area contributed by atoms with Crippen molar-refractivity contribution in [2.45, 2.75) is 71.1 Å². The molecule has 2 saturated heterocycles. The van der Waals surface area contributed by atoms with Crippen molar-refractivity contribution in [3.05, 3.63) is 41.5 Å². The molecule has 2 aromatic heterocycles. The number of β-amino-alcohol motifs (C(OH)–C–C–N with tert-alkyl or cyclic N) is 1. The van der Waals surface area contributed by atoms with Gasteiger partial charge < -0.3 is 39.3 Å². The predicted octanol–water partition coefficient (Wildman–Crippen LogP) is 5.68. The number of terminal acetylenes is 1. The summed E-state index contributed by atoms with van der Waals surface area (Å²) < 4.78 is 50.0. The lowest BCUT2D eigenvalue weighted by molar-refractivity contribution is -0.0838. The fraction of sp³-hybridized carbons (Fsp3) is 0.525. The number of piperidine rings is 1. The van der Waals surface area contributed by atoms with E-state index in [1.165, 1.54) is 31.4 Å². The van der Waals surface area contributed by atoms with Gasteiger partial charge in [-0.25, -0.2) is 13.8 Å². The summed E-state index contributed by atoms with van der Waals surface area (Å²) in [6.45, 7) is 9.53. The van der Waals surface area contributed by atoms with Crippen molar-refractivity contribution in [2.75, 3.05) is 58.5 Å². The number of benzene rings is 2. The van der Waals surface area contributed by atoms with E-state index in [0.29, 0.717) is 11.9 Å². The summed E-state index contributed by atoms with van der Waals surface area (Å²) in [5, 5.41) is 33.1. The van der Waals surface area contributed by atoms with Crippen LogP contribution in [-0.4, -0.2) is 107 Å². The Bertz CT molecular complexity index is 2030. The number of aliphatic hydroxyl groups excluding tert-OH is 1. The minimum Gasteiger partial charge on any atom is -0.508 e. The third-order valence-electron chi connectivity index (χ3n) is 10.9. The van der Waals surface area contributed by atoms with Gasteiger partial charge in [0, 0.05) is 48.0 Å². The van der Waals surface area contributed by atoms with Gasteiger partial charge >= 0.3 is 6.01 Å². The maximum atomic E-state index is 17.2. The number of fused-ring (bicyclic) bond motifs is 3. The molecular formula is C40H49F2N5O6. The molecule has 2 aromatic carbocycles. The Morgan fingerprint density at radius 2 is 1.91 bits per heavy atom. The summed E-state index contributed by atoms with van der Waals surface area (Å²) in [4.78, 5) is 18.0. The van der Waals surface area contributed by atoms with Gasteiger partial charge in [0.25, 0.3) is 0 Å². The quantitative estimate of drug-likeness (QED) is 0.203. The van der Waals surface area contributed by atoms with Crippen LogP contribution >= 0.6 is 0 Å². The van der Waals surface area contributed by atoms with Crippen molar-refractivity contribution in [2.24, 2.45) is 11.3 Å². The van der Waals surface area contributed by atoms with Gasteiger partial charge in [-0.2, -0.15) is 9.97 Å². The average Bonchev–Trinajstić information content (AvgIpc) is 3.45. The summed E-state index contributed by atoms with van der Waals surface area (Å²) in [7, 11) is 3.46. The maximum absolute atomic E-state index is 17.2. The first-order valence-corrected chi connectivity index (χ1v) is 18.3. The Morgan fingerprint density at radius 3 is 2.62 bits per heavy atom. The van der Waals surface area contributed by atoms with Crippen molar-refractivity contribution >= 4 is 27.5 Å². The van der Waals surface area contributed by atoms with E-state index in [1.54, 1.807) is 4.90 Å². The van der Waals surface area contributed by atoms with Crippen molar-refractivity contribution in [3.8, 4) is 41.2 Å². The van der Waals surface area contributed by atoms with Crippen LogP contribution in [0.5, 0.6) is 17.6 Å². The summed E-state index contributed by atoms with van der Waals surface area (Å²) in [6.07, 6.45) is 8.50. The zero-order valence-corrected chi connectivity index (χ0v) is 31.2. The van der Waals surface area contributed by atoms with Crippen molar-refractivity contribution in [1.82, 2.24) is 19.9 Å². The van der Waals surface area contributed by atoms with Crippen LogP contribution in [0.3, 0.4) is 0 Å². The van der Waals surface area contributed by atoms with Gasteiger partial charge in [0.2, 0.25) is 5.88 Å². The Labute approximate surface area is 308 Å². The first kappa shape index (κ1) is 38.4. The molecule has 7 rings (SSSR count). The molecule has 0 radical (unpaired) electrons. The van der Waals surface area contributed by atoms with Crippen LogP contribution in [0.1, 0.15) is 58.9 Å². The average molecular weight is 734 g/mol. The number of anilines is 1. The zero-order valence-electron chi connectivity index (χ0n) is 31.2. The monoisotopic (exact) mass is 733 g/mol. The lowest BCUT2D eigenvalue weighted by Gasteiger charge is -2.50. The van der Waals surface area contributed by atoms with Crippen molar-refractivity contribution < 1.29 is 38.3 Å². The molecule has 3 aliphatic rings. The minimum absolute atomic E-state index is 0.0114. The normalized spacial score (nSPS) is 23.6. The molecule has 13 heteroatoms. The van der Waals surface area contributed by atoms with E-state index in [2.05, 4.69) is 27.8 Å². The number of nitrogens with zero attached hydrogens (tertiary/aromatic N) is 5. The number of hydrogen-bond acceptors (Lipinski definition) is 11. The van der Waals surface area contributed by atoms with Crippen LogP contribution in [0.2, 0.25) is 0 Å². The number of hydrogen-bond donors (Lipinski definition) is 3. The van der Waals surface area contributed by atoms with E-state index in [1.807, 2.05) is 27.7 Å². The number of methoxy groups -OCH3 is 1. The number of pyridine rings is 1. The van der Waals surface area contributed by atoms with E-state index < -0.39 is 23.3 Å². The van der Waals surface area contributed by atoms with Crippen molar-refractivity contribution in [3.63, 3.8) is 0 Å². The number of halogens is 2. The molecular weight excluding hydrogens is 684 g/mol. The summed E-state index contributed by atoms with van der Waals surface area (Å²) >= 11 is 0. The molecule has 4 unspecified atom stereocenters. The second kappa shape index (κ2) is 15.2. The molecule has 4 aromatic rings. The molecule has 4 heterocycles. The molecule has 0 bridgehead atoms. The number of aliphatic hydroxyl groups is 2. The molecule has 2 aliphatic heterocycles. The van der Waals surface area contributed by atoms with E-state index in [9.17, 15) is 15.3 Å². The Morgan fingerprint density at radius 1 is 1.13 bits per heavy atom. The summed E-state index contributed by atoms with van der Waals surface area (Å²) in [6, 6.07) is 5.47. The molecule has 3 fully saturated rings. The highest BCUT2D eigenvalue weighted by atomic mass is 19.1. The highest BCUT2D eigenvalue weighted by Gasteiger charge is 2.52. The number of aromatic nitrogens is 3. The first-order chi connectivity index (χ1) is 25.3. The lowest BCUT2D eigenvalue weighted by Crippen LogP contribution is -2.57. The van der Waals surface area contributed by atoms with Gasteiger partial charge in [-0.3, -0.25) is 0 Å². The molecule has 3 N–H and O–H groups in total. The number of ether oxygens (including phenoxy) is 3. The number of aromatic hydroxyl groups is 1. The Kier molecular flexibility index (Phi) is 11.0. The fourth-order valence-electron chi connectivity index (χ4n) is 8.45. The Balaban J connectivity index is 0.00000236. The zero-order chi connectivity index (χ0) is 38.2. The third kappa shape index (κ3) is 7.17. The lowest BCUT2D eigenvalue weighted by atomic mass is 9.68. The van der Waals surface area contributed by atoms with E-state index >= 15 is 8.78 Å². The van der Waals surface area contributed by atoms with Crippen LogP contribution < -0.4 is 14.4 Å². The molecule has 1 saturated carbocycles. The van der Waals surface area contributed by atoms with Crippen LogP contribution in [0, 0.1) is 35.3 Å². The van der Waals surface area contributed by atoms with Gasteiger partial charge in [0.1, 0.15) is 34.0 Å². The molecule has 284 valence electrons. The second-order valence-electron chi connectivity index (χ2n) is 14.7. The van der Waals surface area contributed by atoms with Gasteiger partial charge in [-0.1, -0.05) is 32.3 Å². The number of phenols is 1. The van der Waals surface area contributed by atoms with Crippen LogP contribution in [-0.2, 0) is 4.74 Å². The maximum Gasteiger partial charge on any atom is 0.319 e. The van der Waals surface area contributed by atoms with Gasteiger partial charge in [0.05, 0.1) is 44.2 Å². The van der Waals surface area contributed by atoms with E-state index in [-0.39, 0.29) is 100 Å². The van der Waals surface area contributed by atoms with Gasteiger partial charge in [-0.05, 0) is 63.7 Å². The largest absolute Gasteiger partial charge is 0.508 e. The molecule has 4 atom stereocenters. The van der Waals surface area contributed by atoms with Crippen LogP contribution in [0.15, 0.2) is 24.3 Å². The van der Waals surface area contributed by atoms with E-state index in [4.69, 9.17) is 25.6 Å². The van der Waals surface area contributed by atoms with Gasteiger partial charge in [0.15, 0.2) is 5.82 Å². The number of phenolic OH excluding ortho intramolecular Hbond substituents is 1. The standard InChI is InChI=1S/C38H43F2N5O6.C2H6/c1-6-25-27(39)10-9-21-14-23(46)15-26(29(21)25)32-31(40)33-30(35(41-32)49-5)34(45-12-13-50-19-24(47)18-45)43-36(42-33)51-20-38-11-7-8-28(38)44(4)17-22(16-38)37(2,3)48;1-2/h1,9-10,14-15,22,24,28,46-48H,7-8,11-13,16-20H2,2-5H3;1-2H3. The van der Waals surface area contributed by atoms with Crippen LogP contribution in [0.25, 0.3) is 32.9 Å². The predicted molar refractivity (Wildman–Crippen MR) is 199 cm³/mol.